The van der Waals surface area contributed by atoms with Crippen molar-refractivity contribution in [2.75, 3.05) is 0 Å². The number of hydrogen-bond acceptors (Lipinski definition) is 3. The second-order valence-corrected chi connectivity index (χ2v) is 1.91. The fraction of sp³-hybridized carbons (Fsp3) is 0.600. The van der Waals surface area contributed by atoms with Crippen molar-refractivity contribution in [3.8, 4) is 0 Å². The molecule has 0 radical (unpaired) electrons. The van der Waals surface area contributed by atoms with Crippen LogP contribution in [0.5, 0.6) is 0 Å². The van der Waals surface area contributed by atoms with Crippen LogP contribution in [0.2, 0.25) is 0 Å². The van der Waals surface area contributed by atoms with Crippen LogP contribution >= 0.6 is 0 Å². The first-order chi connectivity index (χ1) is 5.24. The smallest absolute Gasteiger partial charge is 0.257 e. The predicted molar refractivity (Wildman–Crippen MR) is 31.9 cm³/mol. The van der Waals surface area contributed by atoms with Gasteiger partial charge < -0.3 is 5.11 Å². The zero-order chi connectivity index (χ0) is 8.27. The van der Waals surface area contributed by atoms with Crippen molar-refractivity contribution < 1.29 is 13.9 Å². The molecule has 0 aliphatic heterocycles. The normalized spacial score (nSPS) is 10.9. The van der Waals surface area contributed by atoms with E-state index in [1.807, 2.05) is 0 Å². The minimum atomic E-state index is -2.47. The van der Waals surface area contributed by atoms with Gasteiger partial charge in [-0.15, -0.1) is 0 Å². The van der Waals surface area contributed by atoms with Crippen LogP contribution < -0.4 is 0 Å². The summed E-state index contributed by atoms with van der Waals surface area (Å²) in [5, 5.41) is 12.0. The van der Waals surface area contributed by atoms with Crippen LogP contribution in [0.15, 0.2) is 6.33 Å². The van der Waals surface area contributed by atoms with Gasteiger partial charge in [0.15, 0.2) is 5.82 Å². The Morgan fingerprint density at radius 3 is 2.91 bits per heavy atom. The highest BCUT2D eigenvalue weighted by molar-refractivity contribution is 4.80. The van der Waals surface area contributed by atoms with E-state index in [4.69, 9.17) is 5.11 Å². The number of alkyl halides is 2. The monoisotopic (exact) mass is 163 g/mol. The van der Waals surface area contributed by atoms with E-state index < -0.39 is 13.0 Å². The molecule has 1 aromatic heterocycles. The lowest BCUT2D eigenvalue weighted by Crippen LogP contribution is -2.11. The predicted octanol–water partition coefficient (Wildman–Crippen LogP) is 0.0355. The van der Waals surface area contributed by atoms with E-state index in [1.54, 1.807) is 0 Å². The number of aliphatic hydroxyl groups excluding tert-OH is 1. The van der Waals surface area contributed by atoms with Gasteiger partial charge in [-0.3, -0.25) is 0 Å². The van der Waals surface area contributed by atoms with Gasteiger partial charge in [-0.1, -0.05) is 0 Å². The molecule has 0 bridgehead atoms. The highest BCUT2D eigenvalue weighted by Gasteiger charge is 2.08. The molecule has 1 rings (SSSR count). The summed E-state index contributed by atoms with van der Waals surface area (Å²) in [7, 11) is 0. The topological polar surface area (TPSA) is 50.9 Å². The van der Waals surface area contributed by atoms with Gasteiger partial charge in [-0.25, -0.2) is 18.4 Å². The van der Waals surface area contributed by atoms with Crippen molar-refractivity contribution in [1.82, 2.24) is 14.8 Å². The zero-order valence-electron chi connectivity index (χ0n) is 5.61. The lowest BCUT2D eigenvalue weighted by molar-refractivity contribution is 0.117. The van der Waals surface area contributed by atoms with Crippen molar-refractivity contribution in [2.24, 2.45) is 0 Å². The highest BCUT2D eigenvalue weighted by Crippen LogP contribution is 1.99. The maximum absolute atomic E-state index is 11.7. The Kier molecular flexibility index (Phi) is 2.48. The van der Waals surface area contributed by atoms with Gasteiger partial charge >= 0.3 is 0 Å². The third kappa shape index (κ3) is 1.94. The summed E-state index contributed by atoms with van der Waals surface area (Å²) in [6.07, 6.45) is -1.34. The van der Waals surface area contributed by atoms with Crippen molar-refractivity contribution in [3.63, 3.8) is 0 Å². The Bertz CT molecular complexity index is 225. The molecule has 0 saturated heterocycles. The molecule has 1 heterocycles. The quantitative estimate of drug-likeness (QED) is 0.684. The van der Waals surface area contributed by atoms with Gasteiger partial charge in [0.25, 0.3) is 6.43 Å². The van der Waals surface area contributed by atoms with E-state index in [9.17, 15) is 8.78 Å². The second kappa shape index (κ2) is 3.38. The van der Waals surface area contributed by atoms with E-state index in [-0.39, 0.29) is 12.4 Å². The van der Waals surface area contributed by atoms with Crippen LogP contribution in [0.1, 0.15) is 5.82 Å². The van der Waals surface area contributed by atoms with Gasteiger partial charge in [0.05, 0.1) is 0 Å². The molecule has 0 aromatic carbocycles. The Balaban J connectivity index is 2.68. The van der Waals surface area contributed by atoms with Crippen LogP contribution in [0.25, 0.3) is 0 Å². The Morgan fingerprint density at radius 2 is 2.36 bits per heavy atom. The fourth-order valence-corrected chi connectivity index (χ4v) is 0.694. The van der Waals surface area contributed by atoms with Gasteiger partial charge in [0.1, 0.15) is 19.5 Å². The number of rotatable bonds is 3. The number of nitrogens with zero attached hydrogens (tertiary/aromatic N) is 3. The van der Waals surface area contributed by atoms with Crippen LogP contribution in [0.3, 0.4) is 0 Å². The summed E-state index contributed by atoms with van der Waals surface area (Å²) in [6.45, 7) is -0.886. The molecule has 1 aromatic rings. The van der Waals surface area contributed by atoms with Crippen LogP contribution in [-0.4, -0.2) is 26.3 Å². The van der Waals surface area contributed by atoms with E-state index in [2.05, 4.69) is 10.1 Å². The SMILES string of the molecule is OCc1ncnn1CC(F)F. The summed E-state index contributed by atoms with van der Waals surface area (Å²) in [4.78, 5) is 3.56. The summed E-state index contributed by atoms with van der Waals surface area (Å²) in [5.41, 5.74) is 0. The number of aliphatic hydroxyl groups is 1. The lowest BCUT2D eigenvalue weighted by atomic mass is 10.6. The van der Waals surface area contributed by atoms with Crippen LogP contribution in [0, 0.1) is 0 Å². The zero-order valence-corrected chi connectivity index (χ0v) is 5.61. The molecule has 0 unspecified atom stereocenters. The summed E-state index contributed by atoms with van der Waals surface area (Å²) < 4.78 is 24.5. The van der Waals surface area contributed by atoms with E-state index in [0.29, 0.717) is 0 Å². The molecule has 0 atom stereocenters. The molecular formula is C5H7F2N3O. The highest BCUT2D eigenvalue weighted by atomic mass is 19.3. The molecule has 6 heteroatoms. The summed E-state index contributed by atoms with van der Waals surface area (Å²) in [6, 6.07) is 0. The third-order valence-corrected chi connectivity index (χ3v) is 1.15. The Hall–Kier alpha value is -1.04. The van der Waals surface area contributed by atoms with Gasteiger partial charge in [0.2, 0.25) is 0 Å². The molecule has 4 nitrogen and oxygen atoms in total. The third-order valence-electron chi connectivity index (χ3n) is 1.15. The maximum Gasteiger partial charge on any atom is 0.257 e. The Morgan fingerprint density at radius 1 is 1.64 bits per heavy atom. The number of halogens is 2. The molecular weight excluding hydrogens is 156 g/mol. The maximum atomic E-state index is 11.7. The summed E-state index contributed by atoms with van der Waals surface area (Å²) in [5.74, 6) is 0.158. The molecule has 0 amide bonds. The van der Waals surface area contributed by atoms with Crippen LogP contribution in [-0.2, 0) is 13.2 Å². The Labute approximate surface area is 61.5 Å². The average Bonchev–Trinajstić information content (AvgIpc) is 2.34. The van der Waals surface area contributed by atoms with Crippen molar-refractivity contribution in [1.29, 1.82) is 0 Å². The van der Waals surface area contributed by atoms with Gasteiger partial charge in [0, 0.05) is 0 Å². The van der Waals surface area contributed by atoms with Crippen molar-refractivity contribution in [2.45, 2.75) is 19.6 Å². The largest absolute Gasteiger partial charge is 0.388 e. The van der Waals surface area contributed by atoms with E-state index in [0.717, 1.165) is 11.0 Å². The van der Waals surface area contributed by atoms with E-state index >= 15 is 0 Å². The molecule has 62 valence electrons. The first kappa shape index (κ1) is 8.06. The van der Waals surface area contributed by atoms with Crippen LogP contribution in [0.4, 0.5) is 8.78 Å². The first-order valence-corrected chi connectivity index (χ1v) is 2.99. The molecule has 0 aliphatic rings. The first-order valence-electron chi connectivity index (χ1n) is 2.99. The molecule has 0 aliphatic carbocycles. The molecule has 0 saturated carbocycles. The molecule has 1 N–H and O–H groups in total. The van der Waals surface area contributed by atoms with E-state index in [1.165, 1.54) is 0 Å². The lowest BCUT2D eigenvalue weighted by Gasteiger charge is -2.01. The number of hydrogen-bond donors (Lipinski definition) is 1. The second-order valence-electron chi connectivity index (χ2n) is 1.91. The molecule has 11 heavy (non-hydrogen) atoms. The standard InChI is InChI=1S/C5H7F2N3O/c6-4(7)1-10-5(2-11)8-3-9-10/h3-4,11H,1-2H2. The average molecular weight is 163 g/mol. The fourth-order valence-electron chi connectivity index (χ4n) is 0.694. The minimum absolute atomic E-state index is 0.158. The minimum Gasteiger partial charge on any atom is -0.388 e. The van der Waals surface area contributed by atoms with Crippen molar-refractivity contribution >= 4 is 0 Å². The van der Waals surface area contributed by atoms with Gasteiger partial charge in [-0.05, 0) is 0 Å². The molecule has 0 fully saturated rings. The van der Waals surface area contributed by atoms with Crippen molar-refractivity contribution in [3.05, 3.63) is 12.2 Å². The number of aromatic nitrogens is 3. The molecule has 0 spiro atoms. The summed E-state index contributed by atoms with van der Waals surface area (Å²) >= 11 is 0. The van der Waals surface area contributed by atoms with Gasteiger partial charge in [-0.2, -0.15) is 5.10 Å².